The molecule has 0 saturated carbocycles. The van der Waals surface area contributed by atoms with Crippen LogP contribution in [0.2, 0.25) is 0 Å². The fourth-order valence-electron chi connectivity index (χ4n) is 3.37. The van der Waals surface area contributed by atoms with Crippen LogP contribution in [0.3, 0.4) is 0 Å². The Kier molecular flexibility index (Phi) is 5.77. The number of hydrogen-bond donors (Lipinski definition) is 1. The quantitative estimate of drug-likeness (QED) is 0.749. The van der Waals surface area contributed by atoms with E-state index >= 15 is 0 Å². The van der Waals surface area contributed by atoms with E-state index in [2.05, 4.69) is 44.8 Å². The zero-order valence-electron chi connectivity index (χ0n) is 11.8. The molecule has 0 radical (unpaired) electrons. The van der Waals surface area contributed by atoms with Gasteiger partial charge in [-0.15, -0.1) is 0 Å². The van der Waals surface area contributed by atoms with Crippen LogP contribution < -0.4 is 5.32 Å². The van der Waals surface area contributed by atoms with E-state index in [1.165, 1.54) is 25.7 Å². The summed E-state index contributed by atoms with van der Waals surface area (Å²) in [4.78, 5) is 2.76. The van der Waals surface area contributed by atoms with E-state index in [1.807, 2.05) is 0 Å². The first-order valence-corrected chi connectivity index (χ1v) is 7.10. The highest BCUT2D eigenvalue weighted by molar-refractivity contribution is 4.88. The lowest BCUT2D eigenvalue weighted by Crippen LogP contribution is -2.44. The summed E-state index contributed by atoms with van der Waals surface area (Å²) in [5, 5.41) is 3.52. The van der Waals surface area contributed by atoms with Gasteiger partial charge in [0.05, 0.1) is 0 Å². The molecule has 96 valence electrons. The summed E-state index contributed by atoms with van der Waals surface area (Å²) in [6, 6.07) is 2.98. The summed E-state index contributed by atoms with van der Waals surface area (Å²) in [5.41, 5.74) is 0. The highest BCUT2D eigenvalue weighted by Gasteiger charge is 2.32. The summed E-state index contributed by atoms with van der Waals surface area (Å²) < 4.78 is 0. The number of nitrogens with one attached hydrogen (secondary N) is 1. The van der Waals surface area contributed by atoms with Gasteiger partial charge in [0.2, 0.25) is 0 Å². The number of nitrogens with zero attached hydrogens (tertiary/aromatic N) is 1. The average Bonchev–Trinajstić information content (AvgIpc) is 2.59. The van der Waals surface area contributed by atoms with Gasteiger partial charge in [-0.1, -0.05) is 13.8 Å². The Hall–Kier alpha value is -0.0800. The topological polar surface area (TPSA) is 15.3 Å². The Morgan fingerprint density at radius 1 is 1.25 bits per heavy atom. The van der Waals surface area contributed by atoms with Gasteiger partial charge in [0.1, 0.15) is 0 Å². The van der Waals surface area contributed by atoms with Gasteiger partial charge < -0.3 is 5.32 Å². The first kappa shape index (κ1) is 14.0. The second-order valence-corrected chi connectivity index (χ2v) is 5.48. The summed E-state index contributed by atoms with van der Waals surface area (Å²) >= 11 is 0. The van der Waals surface area contributed by atoms with Crippen molar-refractivity contribution in [3.63, 3.8) is 0 Å². The Labute approximate surface area is 102 Å². The van der Waals surface area contributed by atoms with E-state index in [1.54, 1.807) is 0 Å². The van der Waals surface area contributed by atoms with Crippen molar-refractivity contribution in [2.24, 2.45) is 0 Å². The zero-order valence-corrected chi connectivity index (χ0v) is 11.8. The fourth-order valence-corrected chi connectivity index (χ4v) is 3.37. The van der Waals surface area contributed by atoms with Gasteiger partial charge in [-0.3, -0.25) is 4.90 Å². The lowest BCUT2D eigenvalue weighted by atomic mass is 10.1. The van der Waals surface area contributed by atoms with Crippen molar-refractivity contribution in [2.75, 3.05) is 6.54 Å². The van der Waals surface area contributed by atoms with Crippen LogP contribution >= 0.6 is 0 Å². The summed E-state index contributed by atoms with van der Waals surface area (Å²) in [6.07, 6.45) is 5.37. The lowest BCUT2D eigenvalue weighted by molar-refractivity contribution is 0.129. The minimum Gasteiger partial charge on any atom is -0.314 e. The van der Waals surface area contributed by atoms with E-state index in [9.17, 15) is 0 Å². The maximum Gasteiger partial charge on any atom is 0.00988 e. The molecule has 1 fully saturated rings. The molecular weight excluding hydrogens is 196 g/mol. The summed E-state index contributed by atoms with van der Waals surface area (Å²) in [7, 11) is 0. The molecule has 2 nitrogen and oxygen atoms in total. The predicted octanol–water partition coefficient (Wildman–Crippen LogP) is 3.03. The molecule has 1 N–H and O–H groups in total. The summed E-state index contributed by atoms with van der Waals surface area (Å²) in [5.74, 6) is 0. The van der Waals surface area contributed by atoms with Gasteiger partial charge in [-0.2, -0.15) is 0 Å². The van der Waals surface area contributed by atoms with Crippen LogP contribution in [0.15, 0.2) is 0 Å². The fraction of sp³-hybridized carbons (Fsp3) is 1.00. The SMILES string of the molecule is CCNC(C)CC(C)N1C(C)CCC1CC. The number of hydrogen-bond acceptors (Lipinski definition) is 2. The molecule has 2 heteroatoms. The van der Waals surface area contributed by atoms with E-state index in [0.29, 0.717) is 6.04 Å². The van der Waals surface area contributed by atoms with Gasteiger partial charge in [0.15, 0.2) is 0 Å². The second-order valence-electron chi connectivity index (χ2n) is 5.48. The molecule has 4 atom stereocenters. The Balaban J connectivity index is 2.47. The minimum atomic E-state index is 0.644. The molecule has 1 aliphatic rings. The maximum atomic E-state index is 3.52. The monoisotopic (exact) mass is 226 g/mol. The molecule has 0 aromatic carbocycles. The first-order chi connectivity index (χ1) is 7.60. The Bertz CT molecular complexity index is 193. The molecular formula is C14H30N2. The van der Waals surface area contributed by atoms with Crippen LogP contribution in [0.4, 0.5) is 0 Å². The van der Waals surface area contributed by atoms with Crippen molar-refractivity contribution in [3.05, 3.63) is 0 Å². The highest BCUT2D eigenvalue weighted by Crippen LogP contribution is 2.29. The first-order valence-electron chi connectivity index (χ1n) is 7.10. The van der Waals surface area contributed by atoms with Crippen LogP contribution in [0.5, 0.6) is 0 Å². The van der Waals surface area contributed by atoms with Crippen LogP contribution in [-0.2, 0) is 0 Å². The molecule has 0 aromatic heterocycles. The molecule has 0 bridgehead atoms. The highest BCUT2D eigenvalue weighted by atomic mass is 15.2. The molecule has 0 spiro atoms. The molecule has 1 saturated heterocycles. The van der Waals surface area contributed by atoms with Crippen molar-refractivity contribution in [1.29, 1.82) is 0 Å². The van der Waals surface area contributed by atoms with Crippen molar-refractivity contribution < 1.29 is 0 Å². The lowest BCUT2D eigenvalue weighted by Gasteiger charge is -2.35. The smallest absolute Gasteiger partial charge is 0.00988 e. The van der Waals surface area contributed by atoms with Crippen molar-refractivity contribution in [1.82, 2.24) is 10.2 Å². The van der Waals surface area contributed by atoms with Crippen molar-refractivity contribution in [2.45, 2.75) is 84.5 Å². The van der Waals surface area contributed by atoms with Gasteiger partial charge in [0.25, 0.3) is 0 Å². The molecule has 16 heavy (non-hydrogen) atoms. The summed E-state index contributed by atoms with van der Waals surface area (Å²) in [6.45, 7) is 12.7. The van der Waals surface area contributed by atoms with Crippen molar-refractivity contribution >= 4 is 0 Å². The van der Waals surface area contributed by atoms with Gasteiger partial charge >= 0.3 is 0 Å². The van der Waals surface area contributed by atoms with Crippen LogP contribution in [0.25, 0.3) is 0 Å². The molecule has 4 unspecified atom stereocenters. The van der Waals surface area contributed by atoms with Crippen LogP contribution in [0, 0.1) is 0 Å². The molecule has 1 heterocycles. The van der Waals surface area contributed by atoms with E-state index < -0.39 is 0 Å². The van der Waals surface area contributed by atoms with Crippen LogP contribution in [-0.4, -0.2) is 35.6 Å². The Morgan fingerprint density at radius 3 is 2.50 bits per heavy atom. The van der Waals surface area contributed by atoms with E-state index in [-0.39, 0.29) is 0 Å². The van der Waals surface area contributed by atoms with E-state index in [4.69, 9.17) is 0 Å². The van der Waals surface area contributed by atoms with E-state index in [0.717, 1.165) is 24.7 Å². The normalized spacial score (nSPS) is 30.6. The third-order valence-corrected chi connectivity index (χ3v) is 4.08. The van der Waals surface area contributed by atoms with Crippen molar-refractivity contribution in [3.8, 4) is 0 Å². The molecule has 0 amide bonds. The van der Waals surface area contributed by atoms with Crippen LogP contribution in [0.1, 0.15) is 60.3 Å². The van der Waals surface area contributed by atoms with Gasteiger partial charge in [-0.05, 0) is 53.0 Å². The minimum absolute atomic E-state index is 0.644. The van der Waals surface area contributed by atoms with Gasteiger partial charge in [0, 0.05) is 24.2 Å². The van der Waals surface area contributed by atoms with Gasteiger partial charge in [-0.25, -0.2) is 0 Å². The maximum absolute atomic E-state index is 3.52. The number of rotatable bonds is 6. The predicted molar refractivity (Wildman–Crippen MR) is 71.8 cm³/mol. The standard InChI is InChI=1S/C14H30N2/c1-6-14-9-8-12(4)16(14)13(5)10-11(3)15-7-2/h11-15H,6-10H2,1-5H3. The largest absolute Gasteiger partial charge is 0.314 e. The Morgan fingerprint density at radius 2 is 1.94 bits per heavy atom. The molecule has 0 aliphatic carbocycles. The third kappa shape index (κ3) is 3.46. The molecule has 1 aliphatic heterocycles. The second kappa shape index (κ2) is 6.61. The number of likely N-dealkylation sites (tertiary alicyclic amines) is 1. The molecule has 0 aromatic rings. The molecule has 1 rings (SSSR count). The third-order valence-electron chi connectivity index (χ3n) is 4.08. The average molecular weight is 226 g/mol. The zero-order chi connectivity index (χ0) is 12.1.